The van der Waals surface area contributed by atoms with Gasteiger partial charge in [-0.1, -0.05) is 0 Å². The van der Waals surface area contributed by atoms with Crippen LogP contribution >= 0.6 is 0 Å². The van der Waals surface area contributed by atoms with Crippen molar-refractivity contribution in [2.45, 2.75) is 19.8 Å². The van der Waals surface area contributed by atoms with Crippen LogP contribution in [-0.4, -0.2) is 9.91 Å². The Bertz CT molecular complexity index is 469. The van der Waals surface area contributed by atoms with Crippen LogP contribution in [0.25, 0.3) is 0 Å². The van der Waals surface area contributed by atoms with Crippen LogP contribution in [0.15, 0.2) is 6.07 Å². The fraction of sp³-hybridized carbons (Fsp3) is 0.333. The molecule has 0 aromatic carbocycles. The number of alkyl halides is 2. The van der Waals surface area contributed by atoms with Gasteiger partial charge in [0.05, 0.1) is 23.1 Å². The van der Waals surface area contributed by atoms with Gasteiger partial charge in [0.2, 0.25) is 0 Å². The Hall–Kier alpha value is -2.10. The lowest BCUT2D eigenvalue weighted by atomic mass is 10.1. The standard InChI is InChI=1S/C9H7F2N3O2/c1-5-4-7(14(15)16)8(9(10)11)6(13-5)2-3-12/h4,9H,2H2,1H3. The van der Waals surface area contributed by atoms with Crippen LogP contribution in [0.1, 0.15) is 23.4 Å². The minimum Gasteiger partial charge on any atom is -0.258 e. The van der Waals surface area contributed by atoms with Gasteiger partial charge in [0.15, 0.2) is 0 Å². The molecule has 0 saturated heterocycles. The number of hydrogen-bond donors (Lipinski definition) is 0. The molecule has 0 atom stereocenters. The highest BCUT2D eigenvalue weighted by atomic mass is 19.3. The third-order valence-electron chi connectivity index (χ3n) is 1.91. The van der Waals surface area contributed by atoms with E-state index in [4.69, 9.17) is 5.26 Å². The van der Waals surface area contributed by atoms with E-state index in [1.165, 1.54) is 6.92 Å². The topological polar surface area (TPSA) is 79.8 Å². The largest absolute Gasteiger partial charge is 0.282 e. The molecule has 0 unspecified atom stereocenters. The Morgan fingerprint density at radius 3 is 2.75 bits per heavy atom. The molecule has 1 aromatic rings. The Morgan fingerprint density at radius 2 is 2.31 bits per heavy atom. The number of nitrogens with zero attached hydrogens (tertiary/aromatic N) is 3. The molecule has 0 aliphatic heterocycles. The summed E-state index contributed by atoms with van der Waals surface area (Å²) in [4.78, 5) is 13.4. The van der Waals surface area contributed by atoms with E-state index in [2.05, 4.69) is 4.98 Å². The monoisotopic (exact) mass is 227 g/mol. The highest BCUT2D eigenvalue weighted by Crippen LogP contribution is 2.31. The van der Waals surface area contributed by atoms with Crippen LogP contribution in [0, 0.1) is 28.4 Å². The summed E-state index contributed by atoms with van der Waals surface area (Å²) in [5, 5.41) is 19.0. The summed E-state index contributed by atoms with van der Waals surface area (Å²) in [5.74, 6) is 0. The predicted molar refractivity (Wildman–Crippen MR) is 49.9 cm³/mol. The number of hydrogen-bond acceptors (Lipinski definition) is 4. The van der Waals surface area contributed by atoms with Gasteiger partial charge >= 0.3 is 0 Å². The molecule has 16 heavy (non-hydrogen) atoms. The molecule has 0 N–H and O–H groups in total. The quantitative estimate of drug-likeness (QED) is 0.586. The lowest BCUT2D eigenvalue weighted by molar-refractivity contribution is -0.386. The molecule has 7 heteroatoms. The number of aryl methyl sites for hydroxylation is 1. The van der Waals surface area contributed by atoms with Crippen LogP contribution in [0.3, 0.4) is 0 Å². The summed E-state index contributed by atoms with van der Waals surface area (Å²) in [5.41, 5.74) is -1.45. The number of rotatable bonds is 3. The maximum absolute atomic E-state index is 12.6. The Morgan fingerprint density at radius 1 is 1.69 bits per heavy atom. The average molecular weight is 227 g/mol. The van der Waals surface area contributed by atoms with Crippen molar-refractivity contribution >= 4 is 5.69 Å². The van der Waals surface area contributed by atoms with Gasteiger partial charge in [-0.25, -0.2) is 8.78 Å². The van der Waals surface area contributed by atoms with Crippen LogP contribution in [0.2, 0.25) is 0 Å². The molecule has 84 valence electrons. The SMILES string of the molecule is Cc1cc([N+](=O)[O-])c(C(F)F)c(CC#N)n1. The van der Waals surface area contributed by atoms with E-state index in [0.29, 0.717) is 0 Å². The minimum absolute atomic E-state index is 0.232. The fourth-order valence-corrected chi connectivity index (χ4v) is 1.33. The zero-order valence-corrected chi connectivity index (χ0v) is 8.28. The number of nitro groups is 1. The van der Waals surface area contributed by atoms with E-state index in [-0.39, 0.29) is 17.8 Å². The molecule has 0 spiro atoms. The number of aromatic nitrogens is 1. The molecule has 0 bridgehead atoms. The first-order chi connectivity index (χ1) is 7.47. The second-order valence-electron chi connectivity index (χ2n) is 3.04. The summed E-state index contributed by atoms with van der Waals surface area (Å²) >= 11 is 0. The van der Waals surface area contributed by atoms with Crippen molar-refractivity contribution < 1.29 is 13.7 Å². The zero-order chi connectivity index (χ0) is 12.3. The molecule has 1 aromatic heterocycles. The molecule has 1 heterocycles. The minimum atomic E-state index is -3.02. The lowest BCUT2D eigenvalue weighted by Crippen LogP contribution is -2.05. The van der Waals surface area contributed by atoms with Crippen molar-refractivity contribution in [2.24, 2.45) is 0 Å². The molecule has 5 nitrogen and oxygen atoms in total. The zero-order valence-electron chi connectivity index (χ0n) is 8.28. The van der Waals surface area contributed by atoms with E-state index in [1.807, 2.05) is 0 Å². The second kappa shape index (κ2) is 4.61. The smallest absolute Gasteiger partial charge is 0.258 e. The summed E-state index contributed by atoms with van der Waals surface area (Å²) in [6, 6.07) is 2.63. The van der Waals surface area contributed by atoms with Gasteiger partial charge < -0.3 is 0 Å². The van der Waals surface area contributed by atoms with E-state index in [9.17, 15) is 18.9 Å². The molecule has 0 aliphatic carbocycles. The van der Waals surface area contributed by atoms with E-state index < -0.39 is 22.6 Å². The van der Waals surface area contributed by atoms with Crippen LogP contribution in [0.4, 0.5) is 14.5 Å². The van der Waals surface area contributed by atoms with E-state index in [1.54, 1.807) is 6.07 Å². The predicted octanol–water partition coefficient (Wildman–Crippen LogP) is 2.30. The third-order valence-corrected chi connectivity index (χ3v) is 1.91. The van der Waals surface area contributed by atoms with E-state index >= 15 is 0 Å². The Kier molecular flexibility index (Phi) is 3.45. The van der Waals surface area contributed by atoms with Crippen LogP contribution in [-0.2, 0) is 6.42 Å². The number of nitriles is 1. The Balaban J connectivity index is 3.48. The molecule has 0 radical (unpaired) electrons. The summed E-state index contributed by atoms with van der Waals surface area (Å²) < 4.78 is 25.3. The second-order valence-corrected chi connectivity index (χ2v) is 3.04. The lowest BCUT2D eigenvalue weighted by Gasteiger charge is -2.07. The molecular formula is C9H7F2N3O2. The fourth-order valence-electron chi connectivity index (χ4n) is 1.33. The van der Waals surface area contributed by atoms with Crippen molar-refractivity contribution in [1.29, 1.82) is 5.26 Å². The molecule has 1 rings (SSSR count). The normalized spacial score (nSPS) is 10.2. The highest BCUT2D eigenvalue weighted by Gasteiger charge is 2.26. The summed E-state index contributed by atoms with van der Waals surface area (Å²) in [6.45, 7) is 1.45. The van der Waals surface area contributed by atoms with Crippen molar-refractivity contribution in [3.05, 3.63) is 33.1 Å². The van der Waals surface area contributed by atoms with Crippen molar-refractivity contribution in [1.82, 2.24) is 4.98 Å². The third kappa shape index (κ3) is 2.28. The van der Waals surface area contributed by atoms with Gasteiger partial charge in [-0.3, -0.25) is 15.1 Å². The summed E-state index contributed by atoms with van der Waals surface area (Å²) in [6.07, 6.45) is -3.39. The highest BCUT2D eigenvalue weighted by molar-refractivity contribution is 5.45. The van der Waals surface area contributed by atoms with Gasteiger partial charge in [0.25, 0.3) is 12.1 Å². The number of halogens is 2. The van der Waals surface area contributed by atoms with Crippen molar-refractivity contribution in [3.63, 3.8) is 0 Å². The number of pyridine rings is 1. The first kappa shape index (κ1) is 12.0. The van der Waals surface area contributed by atoms with Gasteiger partial charge in [-0.15, -0.1) is 0 Å². The van der Waals surface area contributed by atoms with Crippen molar-refractivity contribution in [3.8, 4) is 6.07 Å². The summed E-state index contributed by atoms with van der Waals surface area (Å²) in [7, 11) is 0. The molecule has 0 saturated carbocycles. The Labute approximate surface area is 89.5 Å². The first-order valence-electron chi connectivity index (χ1n) is 4.27. The van der Waals surface area contributed by atoms with Gasteiger partial charge in [-0.05, 0) is 6.92 Å². The molecular weight excluding hydrogens is 220 g/mol. The maximum Gasteiger partial charge on any atom is 0.282 e. The van der Waals surface area contributed by atoms with Crippen molar-refractivity contribution in [2.75, 3.05) is 0 Å². The van der Waals surface area contributed by atoms with E-state index in [0.717, 1.165) is 6.07 Å². The first-order valence-corrected chi connectivity index (χ1v) is 4.27. The maximum atomic E-state index is 12.6. The molecule has 0 aliphatic rings. The van der Waals surface area contributed by atoms with Crippen LogP contribution in [0.5, 0.6) is 0 Å². The van der Waals surface area contributed by atoms with Gasteiger partial charge in [0.1, 0.15) is 5.56 Å². The molecule has 0 amide bonds. The molecule has 0 fully saturated rings. The van der Waals surface area contributed by atoms with Gasteiger partial charge in [0, 0.05) is 11.8 Å². The average Bonchev–Trinajstić information content (AvgIpc) is 2.16. The van der Waals surface area contributed by atoms with Gasteiger partial charge in [-0.2, -0.15) is 5.26 Å². The van der Waals surface area contributed by atoms with Crippen LogP contribution < -0.4 is 0 Å².